The highest BCUT2D eigenvalue weighted by atomic mass is 15.3. The maximum atomic E-state index is 5.89. The molecule has 0 aliphatic heterocycles. The van der Waals surface area contributed by atoms with Crippen LogP contribution in [0.25, 0.3) is 5.78 Å². The average Bonchev–Trinajstić information content (AvgIpc) is 2.85. The van der Waals surface area contributed by atoms with Crippen molar-refractivity contribution >= 4 is 5.78 Å². The Labute approximate surface area is 104 Å². The van der Waals surface area contributed by atoms with Gasteiger partial charge in [-0.3, -0.25) is 4.40 Å². The predicted molar refractivity (Wildman–Crippen MR) is 68.1 cm³/mol. The van der Waals surface area contributed by atoms with Gasteiger partial charge in [-0.2, -0.15) is 0 Å². The van der Waals surface area contributed by atoms with Gasteiger partial charge >= 0.3 is 0 Å². The summed E-state index contributed by atoms with van der Waals surface area (Å²) in [6, 6.07) is 11.9. The molecule has 0 aliphatic carbocycles. The number of fused-ring (bicyclic) bond motifs is 1. The van der Waals surface area contributed by atoms with Crippen molar-refractivity contribution in [2.45, 2.75) is 5.92 Å². The van der Waals surface area contributed by atoms with Crippen LogP contribution in [0.3, 0.4) is 0 Å². The molecule has 3 aromatic rings. The summed E-state index contributed by atoms with van der Waals surface area (Å²) in [7, 11) is 0. The Bertz CT molecular complexity index is 647. The Balaban J connectivity index is 2.12. The summed E-state index contributed by atoms with van der Waals surface area (Å²) < 4.78 is 1.88. The largest absolute Gasteiger partial charge is 0.329 e. The summed E-state index contributed by atoms with van der Waals surface area (Å²) in [5.41, 5.74) is 7.02. The van der Waals surface area contributed by atoms with Crippen molar-refractivity contribution in [2.24, 2.45) is 5.73 Å². The zero-order valence-electron chi connectivity index (χ0n) is 9.77. The molecule has 0 amide bonds. The topological polar surface area (TPSA) is 69.1 Å². The molecule has 2 N–H and O–H groups in total. The molecule has 5 nitrogen and oxygen atoms in total. The molecule has 0 saturated heterocycles. The first-order chi connectivity index (χ1) is 8.90. The molecule has 0 spiro atoms. The maximum absolute atomic E-state index is 5.89. The van der Waals surface area contributed by atoms with Crippen molar-refractivity contribution in [2.75, 3.05) is 6.54 Å². The van der Waals surface area contributed by atoms with Crippen molar-refractivity contribution in [3.63, 3.8) is 0 Å². The van der Waals surface area contributed by atoms with E-state index in [1.54, 1.807) is 6.20 Å². The number of hydrogen-bond donors (Lipinski definition) is 1. The second-order valence-electron chi connectivity index (χ2n) is 4.05. The van der Waals surface area contributed by atoms with Crippen molar-refractivity contribution in [1.82, 2.24) is 19.6 Å². The molecule has 2 heterocycles. The highest BCUT2D eigenvalue weighted by Gasteiger charge is 2.18. The number of benzene rings is 1. The molecule has 0 aliphatic rings. The lowest BCUT2D eigenvalue weighted by atomic mass is 9.98. The minimum absolute atomic E-state index is 0.0328. The second-order valence-corrected chi connectivity index (χ2v) is 4.05. The highest BCUT2D eigenvalue weighted by Crippen LogP contribution is 2.21. The van der Waals surface area contributed by atoms with Gasteiger partial charge in [0, 0.05) is 18.9 Å². The second kappa shape index (κ2) is 4.54. The summed E-state index contributed by atoms with van der Waals surface area (Å²) in [4.78, 5) is 4.16. The molecule has 0 fully saturated rings. The van der Waals surface area contributed by atoms with E-state index in [2.05, 4.69) is 27.3 Å². The third-order valence-corrected chi connectivity index (χ3v) is 2.96. The van der Waals surface area contributed by atoms with Crippen LogP contribution in [0, 0.1) is 0 Å². The van der Waals surface area contributed by atoms with Crippen molar-refractivity contribution < 1.29 is 0 Å². The number of nitrogens with two attached hydrogens (primary N) is 1. The minimum Gasteiger partial charge on any atom is -0.329 e. The van der Waals surface area contributed by atoms with Gasteiger partial charge in [0.25, 0.3) is 5.78 Å². The Morgan fingerprint density at radius 3 is 2.72 bits per heavy atom. The van der Waals surface area contributed by atoms with Gasteiger partial charge < -0.3 is 5.73 Å². The van der Waals surface area contributed by atoms with Gasteiger partial charge in [0.2, 0.25) is 0 Å². The quantitative estimate of drug-likeness (QED) is 0.746. The normalized spacial score (nSPS) is 12.7. The maximum Gasteiger partial charge on any atom is 0.254 e. The molecule has 18 heavy (non-hydrogen) atoms. The van der Waals surface area contributed by atoms with Crippen LogP contribution in [0.1, 0.15) is 17.3 Å². The SMILES string of the molecule is NCC(c1ccccc1)c1nnc2ncccn12. The third-order valence-electron chi connectivity index (χ3n) is 2.96. The van der Waals surface area contributed by atoms with Gasteiger partial charge in [0.15, 0.2) is 0 Å². The van der Waals surface area contributed by atoms with Crippen LogP contribution in [0.15, 0.2) is 48.8 Å². The number of nitrogens with zero attached hydrogens (tertiary/aromatic N) is 4. The summed E-state index contributed by atoms with van der Waals surface area (Å²) in [6.07, 6.45) is 3.61. The van der Waals surface area contributed by atoms with E-state index in [9.17, 15) is 0 Å². The highest BCUT2D eigenvalue weighted by molar-refractivity contribution is 5.32. The van der Waals surface area contributed by atoms with Gasteiger partial charge in [0.05, 0.1) is 5.92 Å². The van der Waals surface area contributed by atoms with Crippen LogP contribution in [0.5, 0.6) is 0 Å². The molecular formula is C13H13N5. The van der Waals surface area contributed by atoms with Gasteiger partial charge in [0.1, 0.15) is 5.82 Å². The minimum atomic E-state index is 0.0328. The van der Waals surface area contributed by atoms with E-state index in [4.69, 9.17) is 5.73 Å². The predicted octanol–water partition coefficient (Wildman–Crippen LogP) is 1.21. The molecule has 0 saturated carbocycles. The van der Waals surface area contributed by atoms with Gasteiger partial charge in [-0.25, -0.2) is 4.98 Å². The standard InChI is InChI=1S/C13H13N5/c14-9-11(10-5-2-1-3-6-10)12-16-17-13-15-7-4-8-18(12)13/h1-8,11H,9,14H2. The first-order valence-electron chi connectivity index (χ1n) is 5.81. The zero-order chi connectivity index (χ0) is 12.4. The van der Waals surface area contributed by atoms with Gasteiger partial charge in [-0.05, 0) is 11.6 Å². The molecule has 90 valence electrons. The van der Waals surface area contributed by atoms with E-state index in [-0.39, 0.29) is 5.92 Å². The zero-order valence-corrected chi connectivity index (χ0v) is 9.77. The molecule has 1 unspecified atom stereocenters. The number of hydrogen-bond acceptors (Lipinski definition) is 4. The molecule has 3 rings (SSSR count). The average molecular weight is 239 g/mol. The van der Waals surface area contributed by atoms with Crippen molar-refractivity contribution in [1.29, 1.82) is 0 Å². The van der Waals surface area contributed by atoms with Crippen LogP contribution in [0.2, 0.25) is 0 Å². The molecule has 1 aromatic carbocycles. The van der Waals surface area contributed by atoms with E-state index in [1.807, 2.05) is 34.9 Å². The van der Waals surface area contributed by atoms with Crippen LogP contribution < -0.4 is 5.73 Å². The van der Waals surface area contributed by atoms with Crippen molar-refractivity contribution in [3.05, 3.63) is 60.2 Å². The fraction of sp³-hybridized carbons (Fsp3) is 0.154. The molecule has 1 atom stereocenters. The Kier molecular flexibility index (Phi) is 2.74. The fourth-order valence-corrected chi connectivity index (χ4v) is 2.07. The Hall–Kier alpha value is -2.27. The van der Waals surface area contributed by atoms with E-state index in [1.165, 1.54) is 0 Å². The molecular weight excluding hydrogens is 226 g/mol. The summed E-state index contributed by atoms with van der Waals surface area (Å²) >= 11 is 0. The van der Waals surface area contributed by atoms with E-state index in [0.717, 1.165) is 11.4 Å². The van der Waals surface area contributed by atoms with Crippen LogP contribution in [-0.4, -0.2) is 26.1 Å². The lowest BCUT2D eigenvalue weighted by Crippen LogP contribution is -2.16. The van der Waals surface area contributed by atoms with E-state index < -0.39 is 0 Å². The number of aromatic nitrogens is 4. The summed E-state index contributed by atoms with van der Waals surface area (Å²) in [5.74, 6) is 1.46. The van der Waals surface area contributed by atoms with Crippen molar-refractivity contribution in [3.8, 4) is 0 Å². The van der Waals surface area contributed by atoms with Crippen LogP contribution in [0.4, 0.5) is 0 Å². The molecule has 0 radical (unpaired) electrons. The summed E-state index contributed by atoms with van der Waals surface area (Å²) in [6.45, 7) is 0.486. The van der Waals surface area contributed by atoms with Gasteiger partial charge in [-0.1, -0.05) is 30.3 Å². The first-order valence-corrected chi connectivity index (χ1v) is 5.81. The fourth-order valence-electron chi connectivity index (χ4n) is 2.07. The first kappa shape index (κ1) is 10.9. The molecule has 5 heteroatoms. The lowest BCUT2D eigenvalue weighted by molar-refractivity contribution is 0.737. The Morgan fingerprint density at radius 2 is 1.94 bits per heavy atom. The van der Waals surface area contributed by atoms with E-state index >= 15 is 0 Å². The lowest BCUT2D eigenvalue weighted by Gasteiger charge is -2.12. The smallest absolute Gasteiger partial charge is 0.254 e. The molecule has 2 aromatic heterocycles. The Morgan fingerprint density at radius 1 is 1.11 bits per heavy atom. The van der Waals surface area contributed by atoms with Crippen LogP contribution >= 0.6 is 0 Å². The van der Waals surface area contributed by atoms with Gasteiger partial charge in [-0.15, -0.1) is 10.2 Å². The van der Waals surface area contributed by atoms with E-state index in [0.29, 0.717) is 12.3 Å². The number of rotatable bonds is 3. The monoisotopic (exact) mass is 239 g/mol. The third kappa shape index (κ3) is 1.74. The molecule has 0 bridgehead atoms. The van der Waals surface area contributed by atoms with Crippen LogP contribution in [-0.2, 0) is 0 Å². The summed E-state index contributed by atoms with van der Waals surface area (Å²) in [5, 5.41) is 8.27.